The molecule has 3 aromatic carbocycles. The van der Waals surface area contributed by atoms with E-state index in [9.17, 15) is 22.4 Å². The number of anilines is 1. The van der Waals surface area contributed by atoms with Crippen LogP contribution >= 0.6 is 23.2 Å². The number of sulfonamides is 1. The molecule has 0 saturated heterocycles. The molecule has 0 aliphatic carbocycles. The Labute approximate surface area is 267 Å². The molecule has 0 aliphatic heterocycles. The lowest BCUT2D eigenvalue weighted by molar-refractivity contribution is -0.140. The molecule has 0 saturated carbocycles. The second kappa shape index (κ2) is 15.5. The Hall–Kier alpha value is -3.54. The van der Waals surface area contributed by atoms with Gasteiger partial charge in [0.1, 0.15) is 18.4 Å². The van der Waals surface area contributed by atoms with Crippen LogP contribution in [-0.4, -0.2) is 58.5 Å². The van der Waals surface area contributed by atoms with E-state index in [0.29, 0.717) is 22.9 Å². The quantitative estimate of drug-likeness (QED) is 0.229. The number of carbonyl (C=O) groups excluding carboxylic acids is 2. The van der Waals surface area contributed by atoms with Crippen LogP contribution in [0.2, 0.25) is 10.0 Å². The number of hydrogen-bond donors (Lipinski definition) is 1. The molecule has 238 valence electrons. The fourth-order valence-electron chi connectivity index (χ4n) is 4.42. The van der Waals surface area contributed by atoms with Gasteiger partial charge < -0.3 is 19.7 Å². The van der Waals surface area contributed by atoms with E-state index < -0.39 is 40.2 Å². The van der Waals surface area contributed by atoms with E-state index >= 15 is 0 Å². The maximum Gasteiger partial charge on any atom is 0.264 e. The lowest BCUT2D eigenvalue weighted by Crippen LogP contribution is -2.52. The van der Waals surface area contributed by atoms with Crippen molar-refractivity contribution in [3.05, 3.63) is 82.1 Å². The summed E-state index contributed by atoms with van der Waals surface area (Å²) in [7, 11) is -1.65. The topological polar surface area (TPSA) is 105 Å². The van der Waals surface area contributed by atoms with Crippen molar-refractivity contribution >= 4 is 50.7 Å². The van der Waals surface area contributed by atoms with Gasteiger partial charge in [0.05, 0.1) is 24.8 Å². The molecule has 3 rings (SSSR count). The van der Waals surface area contributed by atoms with Gasteiger partial charge in [0.25, 0.3) is 10.0 Å². The summed E-state index contributed by atoms with van der Waals surface area (Å²) in [4.78, 5) is 28.6. The molecule has 44 heavy (non-hydrogen) atoms. The number of halogens is 3. The Bertz CT molecular complexity index is 1570. The summed E-state index contributed by atoms with van der Waals surface area (Å²) >= 11 is 12.5. The summed E-state index contributed by atoms with van der Waals surface area (Å²) in [5, 5.41) is 3.53. The van der Waals surface area contributed by atoms with Crippen LogP contribution in [0.25, 0.3) is 0 Å². The van der Waals surface area contributed by atoms with Crippen LogP contribution in [0.3, 0.4) is 0 Å². The fourth-order valence-corrected chi connectivity index (χ4v) is 6.31. The summed E-state index contributed by atoms with van der Waals surface area (Å²) in [6.07, 6.45) is 0.236. The minimum atomic E-state index is -4.43. The molecule has 2 amide bonds. The smallest absolute Gasteiger partial charge is 0.264 e. The third-order valence-corrected chi connectivity index (χ3v) is 9.12. The van der Waals surface area contributed by atoms with Crippen LogP contribution < -0.4 is 19.1 Å². The van der Waals surface area contributed by atoms with Gasteiger partial charge in [0, 0.05) is 29.2 Å². The van der Waals surface area contributed by atoms with E-state index in [4.69, 9.17) is 32.7 Å². The third kappa shape index (κ3) is 8.55. The molecule has 0 radical (unpaired) electrons. The van der Waals surface area contributed by atoms with E-state index in [0.717, 1.165) is 16.4 Å². The first-order valence-corrected chi connectivity index (χ1v) is 16.0. The van der Waals surface area contributed by atoms with Gasteiger partial charge in [0.2, 0.25) is 11.8 Å². The molecule has 3 aromatic rings. The highest BCUT2D eigenvalue weighted by Gasteiger charge is 2.34. The number of ether oxygens (including phenoxy) is 2. The van der Waals surface area contributed by atoms with Crippen LogP contribution in [0.1, 0.15) is 32.8 Å². The molecule has 0 fully saturated rings. The van der Waals surface area contributed by atoms with Crippen molar-refractivity contribution in [2.45, 2.75) is 44.7 Å². The SMILES string of the molecule is CC[C@H](C(=O)NCC(C)C)N(Cc1ccc(Cl)cc1Cl)C(=O)CN(c1ccc(F)cc1)S(=O)(=O)c1ccc(OC)c(OC)c1. The van der Waals surface area contributed by atoms with E-state index in [2.05, 4.69) is 5.32 Å². The Kier molecular flexibility index (Phi) is 12.3. The molecule has 0 unspecified atom stereocenters. The number of carbonyl (C=O) groups is 2. The average Bonchev–Trinajstić information content (AvgIpc) is 2.99. The van der Waals surface area contributed by atoms with Gasteiger partial charge in [-0.1, -0.05) is 50.0 Å². The number of benzene rings is 3. The second-order valence-electron chi connectivity index (χ2n) is 10.3. The number of rotatable bonds is 14. The van der Waals surface area contributed by atoms with Gasteiger partial charge in [0.15, 0.2) is 11.5 Å². The minimum Gasteiger partial charge on any atom is -0.493 e. The number of nitrogens with zero attached hydrogens (tertiary/aromatic N) is 2. The fraction of sp³-hybridized carbons (Fsp3) is 0.355. The van der Waals surface area contributed by atoms with Gasteiger partial charge in [-0.05, 0) is 66.4 Å². The van der Waals surface area contributed by atoms with Crippen molar-refractivity contribution in [1.82, 2.24) is 10.2 Å². The van der Waals surface area contributed by atoms with Gasteiger partial charge in [-0.2, -0.15) is 0 Å². The van der Waals surface area contributed by atoms with Crippen LogP contribution in [0, 0.1) is 11.7 Å². The van der Waals surface area contributed by atoms with Gasteiger partial charge >= 0.3 is 0 Å². The first-order chi connectivity index (χ1) is 20.8. The molecule has 0 aromatic heterocycles. The van der Waals surface area contributed by atoms with E-state index in [1.54, 1.807) is 19.1 Å². The Morgan fingerprint density at radius 1 is 0.955 bits per heavy atom. The van der Waals surface area contributed by atoms with Crippen molar-refractivity contribution in [3.63, 3.8) is 0 Å². The van der Waals surface area contributed by atoms with Crippen molar-refractivity contribution in [1.29, 1.82) is 0 Å². The molecular formula is C31H36Cl2FN3O6S. The number of methoxy groups -OCH3 is 2. The molecule has 9 nitrogen and oxygen atoms in total. The highest BCUT2D eigenvalue weighted by Crippen LogP contribution is 2.33. The number of hydrogen-bond acceptors (Lipinski definition) is 6. The predicted octanol–water partition coefficient (Wildman–Crippen LogP) is 5.92. The lowest BCUT2D eigenvalue weighted by Gasteiger charge is -2.33. The maximum absolute atomic E-state index is 14.2. The van der Waals surface area contributed by atoms with Crippen LogP contribution in [0.15, 0.2) is 65.6 Å². The summed E-state index contributed by atoms with van der Waals surface area (Å²) < 4.78 is 53.5. The monoisotopic (exact) mass is 667 g/mol. The van der Waals surface area contributed by atoms with Crippen LogP contribution in [-0.2, 0) is 26.2 Å². The molecule has 1 N–H and O–H groups in total. The molecular weight excluding hydrogens is 632 g/mol. The zero-order valence-corrected chi connectivity index (χ0v) is 27.5. The van der Waals surface area contributed by atoms with Crippen LogP contribution in [0.5, 0.6) is 11.5 Å². The molecule has 0 spiro atoms. The Morgan fingerprint density at radius 3 is 2.18 bits per heavy atom. The molecule has 0 bridgehead atoms. The van der Waals surface area contributed by atoms with E-state index in [-0.39, 0.29) is 40.2 Å². The largest absolute Gasteiger partial charge is 0.493 e. The molecule has 0 heterocycles. The highest BCUT2D eigenvalue weighted by molar-refractivity contribution is 7.92. The molecule has 1 atom stereocenters. The zero-order chi connectivity index (χ0) is 32.6. The predicted molar refractivity (Wildman–Crippen MR) is 169 cm³/mol. The summed E-state index contributed by atoms with van der Waals surface area (Å²) in [5.74, 6) is -1.04. The average molecular weight is 669 g/mol. The maximum atomic E-state index is 14.2. The number of nitrogens with one attached hydrogen (secondary N) is 1. The summed E-state index contributed by atoms with van der Waals surface area (Å²) in [6.45, 7) is 5.21. The third-order valence-electron chi connectivity index (χ3n) is 6.76. The van der Waals surface area contributed by atoms with Crippen LogP contribution in [0.4, 0.5) is 10.1 Å². The Balaban J connectivity index is 2.10. The summed E-state index contributed by atoms with van der Waals surface area (Å²) in [6, 6.07) is 12.5. The van der Waals surface area contributed by atoms with E-state index in [1.165, 1.54) is 55.5 Å². The summed E-state index contributed by atoms with van der Waals surface area (Å²) in [5.41, 5.74) is 0.548. The molecule has 13 heteroatoms. The van der Waals surface area contributed by atoms with Gasteiger partial charge in [-0.15, -0.1) is 0 Å². The van der Waals surface area contributed by atoms with Gasteiger partial charge in [-0.25, -0.2) is 12.8 Å². The van der Waals surface area contributed by atoms with Gasteiger partial charge in [-0.3, -0.25) is 13.9 Å². The first-order valence-electron chi connectivity index (χ1n) is 13.8. The van der Waals surface area contributed by atoms with Crippen molar-refractivity contribution < 1.29 is 31.9 Å². The normalized spacial score (nSPS) is 12.0. The standard InChI is InChI=1S/C31H36Cl2FN3O6S/c1-6-27(31(39)35-17-20(2)3)36(18-21-7-8-22(32)15-26(21)33)30(38)19-37(24-11-9-23(34)10-12-24)44(40,41)25-13-14-28(42-4)29(16-25)43-5/h7-16,20,27H,6,17-19H2,1-5H3,(H,35,39)/t27-/m1/s1. The number of amides is 2. The lowest BCUT2D eigenvalue weighted by atomic mass is 10.1. The second-order valence-corrected chi connectivity index (χ2v) is 13.0. The van der Waals surface area contributed by atoms with Crippen molar-refractivity contribution in [3.8, 4) is 11.5 Å². The molecule has 0 aliphatic rings. The minimum absolute atomic E-state index is 0.0383. The van der Waals surface area contributed by atoms with E-state index in [1.807, 2.05) is 13.8 Å². The van der Waals surface area contributed by atoms with Crippen molar-refractivity contribution in [2.75, 3.05) is 31.6 Å². The first kappa shape index (κ1) is 34.9. The zero-order valence-electron chi connectivity index (χ0n) is 25.1. The van der Waals surface area contributed by atoms with Crippen molar-refractivity contribution in [2.24, 2.45) is 5.92 Å². The highest BCUT2D eigenvalue weighted by atomic mass is 35.5. The Morgan fingerprint density at radius 2 is 1.61 bits per heavy atom.